The Hall–Kier alpha value is 0.430. The van der Waals surface area contributed by atoms with Gasteiger partial charge in [-0.3, -0.25) is 0 Å². The van der Waals surface area contributed by atoms with E-state index in [1.807, 2.05) is 0 Å². The van der Waals surface area contributed by atoms with E-state index in [-0.39, 0.29) is 0 Å². The molecule has 0 aliphatic heterocycles. The molecular weight excluding hydrogens is 427 g/mol. The molecule has 208 valence electrons. The molecule has 0 N–H and O–H groups in total. The normalized spacial score (nSPS) is 12.5. The van der Waals surface area contributed by atoms with Gasteiger partial charge in [0.25, 0.3) is 0 Å². The van der Waals surface area contributed by atoms with Crippen molar-refractivity contribution >= 4 is 7.26 Å². The van der Waals surface area contributed by atoms with Crippen LogP contribution in [0.1, 0.15) is 188 Å². The summed E-state index contributed by atoms with van der Waals surface area (Å²) >= 11 is 0. The Bertz CT molecular complexity index is 323. The second kappa shape index (κ2) is 28.0. The van der Waals surface area contributed by atoms with Crippen LogP contribution in [0, 0.1) is 0 Å². The molecular formula is C33H71P. The Kier molecular flexibility index (Phi) is 28.4. The van der Waals surface area contributed by atoms with Crippen LogP contribution in [0.25, 0.3) is 0 Å². The van der Waals surface area contributed by atoms with E-state index in [2.05, 4.69) is 27.7 Å². The summed E-state index contributed by atoms with van der Waals surface area (Å²) in [5.41, 5.74) is 0. The molecule has 0 heterocycles. The minimum atomic E-state index is -1.08. The Balaban J connectivity index is 4.74. The van der Waals surface area contributed by atoms with Crippen LogP contribution in [0.3, 0.4) is 0 Å². The Morgan fingerprint density at radius 1 is 0.235 bits per heavy atom. The number of hydrogen-bond donors (Lipinski definition) is 0. The van der Waals surface area contributed by atoms with E-state index < -0.39 is 7.26 Å². The maximum atomic E-state index is 2.35. The van der Waals surface area contributed by atoms with Gasteiger partial charge in [-0.25, -0.2) is 0 Å². The van der Waals surface area contributed by atoms with Gasteiger partial charge in [-0.15, -0.1) is 0 Å². The standard InChI is InChI=1S/C33H71P/c1-5-9-13-17-21-25-29-33-34(30-26-22-18-14-10-6-2,31-27-23-19-15-11-7-3)32-28-24-20-16-12-8-4/h34H,5-33H2,1-4H3. The summed E-state index contributed by atoms with van der Waals surface area (Å²) < 4.78 is 0. The van der Waals surface area contributed by atoms with Gasteiger partial charge in [0.1, 0.15) is 0 Å². The summed E-state index contributed by atoms with van der Waals surface area (Å²) in [4.78, 5) is 0. The monoisotopic (exact) mass is 499 g/mol. The van der Waals surface area contributed by atoms with E-state index in [1.165, 1.54) is 135 Å². The Labute approximate surface area is 220 Å². The molecule has 34 heavy (non-hydrogen) atoms. The van der Waals surface area contributed by atoms with E-state index in [1.54, 1.807) is 50.3 Å². The van der Waals surface area contributed by atoms with E-state index in [0.717, 1.165) is 0 Å². The Morgan fingerprint density at radius 3 is 0.618 bits per heavy atom. The van der Waals surface area contributed by atoms with Crippen molar-refractivity contribution in [1.29, 1.82) is 0 Å². The first-order valence-electron chi connectivity index (χ1n) is 16.7. The zero-order valence-electron chi connectivity index (χ0n) is 25.0. The molecule has 0 bridgehead atoms. The molecule has 0 fully saturated rings. The van der Waals surface area contributed by atoms with Crippen molar-refractivity contribution < 1.29 is 0 Å². The van der Waals surface area contributed by atoms with Crippen molar-refractivity contribution in [3.8, 4) is 0 Å². The predicted molar refractivity (Wildman–Crippen MR) is 166 cm³/mol. The van der Waals surface area contributed by atoms with E-state index in [0.29, 0.717) is 0 Å². The van der Waals surface area contributed by atoms with Gasteiger partial charge in [-0.05, 0) is 0 Å². The fourth-order valence-corrected chi connectivity index (χ4v) is 11.5. The summed E-state index contributed by atoms with van der Waals surface area (Å²) in [6, 6.07) is 0. The SMILES string of the molecule is CCCCCCCCC[PH](CCCCCCCC)(CCCCCCCC)CCCCCCCC. The molecule has 0 saturated heterocycles. The van der Waals surface area contributed by atoms with Crippen molar-refractivity contribution in [2.75, 3.05) is 24.6 Å². The Morgan fingerprint density at radius 2 is 0.412 bits per heavy atom. The first-order chi connectivity index (χ1) is 16.7. The summed E-state index contributed by atoms with van der Waals surface area (Å²) in [6.45, 7) is 9.39. The zero-order valence-corrected chi connectivity index (χ0v) is 26.0. The van der Waals surface area contributed by atoms with Crippen LogP contribution in [0.15, 0.2) is 0 Å². The van der Waals surface area contributed by atoms with Crippen LogP contribution < -0.4 is 0 Å². The van der Waals surface area contributed by atoms with Crippen molar-refractivity contribution in [3.05, 3.63) is 0 Å². The number of rotatable bonds is 29. The second-order valence-corrected chi connectivity index (χ2v) is 16.9. The molecule has 0 aliphatic rings. The summed E-state index contributed by atoms with van der Waals surface area (Å²) in [5.74, 6) is 0. The van der Waals surface area contributed by atoms with Gasteiger partial charge in [0.2, 0.25) is 0 Å². The van der Waals surface area contributed by atoms with Gasteiger partial charge in [-0.2, -0.15) is 0 Å². The fraction of sp³-hybridized carbons (Fsp3) is 1.00. The van der Waals surface area contributed by atoms with Crippen molar-refractivity contribution in [1.82, 2.24) is 0 Å². The quantitative estimate of drug-likeness (QED) is 0.0710. The molecule has 0 radical (unpaired) electrons. The summed E-state index contributed by atoms with van der Waals surface area (Å²) in [6.07, 6.45) is 43.9. The third-order valence-electron chi connectivity index (χ3n) is 8.49. The molecule has 0 saturated carbocycles. The second-order valence-electron chi connectivity index (χ2n) is 11.9. The van der Waals surface area contributed by atoms with E-state index in [4.69, 9.17) is 0 Å². The van der Waals surface area contributed by atoms with Crippen LogP contribution >= 0.6 is 7.26 Å². The molecule has 0 aromatic heterocycles. The molecule has 0 spiro atoms. The van der Waals surface area contributed by atoms with Crippen LogP contribution in [-0.4, -0.2) is 24.6 Å². The van der Waals surface area contributed by atoms with Gasteiger partial charge in [-0.1, -0.05) is 0 Å². The summed E-state index contributed by atoms with van der Waals surface area (Å²) in [5, 5.41) is 0. The van der Waals surface area contributed by atoms with Crippen molar-refractivity contribution in [2.24, 2.45) is 0 Å². The van der Waals surface area contributed by atoms with Crippen molar-refractivity contribution in [2.45, 2.75) is 188 Å². The number of unbranched alkanes of at least 4 members (excludes halogenated alkanes) is 21. The van der Waals surface area contributed by atoms with Crippen LogP contribution in [-0.2, 0) is 0 Å². The average Bonchev–Trinajstić information content (AvgIpc) is 2.85. The molecule has 0 nitrogen and oxygen atoms in total. The summed E-state index contributed by atoms with van der Waals surface area (Å²) in [7, 11) is -1.08. The predicted octanol–water partition coefficient (Wildman–Crippen LogP) is 12.6. The molecule has 0 aliphatic carbocycles. The van der Waals surface area contributed by atoms with Crippen LogP contribution in [0.5, 0.6) is 0 Å². The van der Waals surface area contributed by atoms with Gasteiger partial charge >= 0.3 is 220 Å². The first kappa shape index (κ1) is 34.4. The van der Waals surface area contributed by atoms with Crippen LogP contribution in [0.2, 0.25) is 0 Å². The first-order valence-corrected chi connectivity index (χ1v) is 19.6. The molecule has 0 aromatic carbocycles. The molecule has 0 rings (SSSR count). The van der Waals surface area contributed by atoms with Gasteiger partial charge in [0.15, 0.2) is 0 Å². The molecule has 0 aromatic rings. The topological polar surface area (TPSA) is 0 Å². The molecule has 0 amide bonds. The third-order valence-corrected chi connectivity index (χ3v) is 14.1. The number of hydrogen-bond acceptors (Lipinski definition) is 0. The molecule has 0 unspecified atom stereocenters. The van der Waals surface area contributed by atoms with Gasteiger partial charge in [0, 0.05) is 0 Å². The van der Waals surface area contributed by atoms with E-state index >= 15 is 0 Å². The van der Waals surface area contributed by atoms with Gasteiger partial charge < -0.3 is 0 Å². The van der Waals surface area contributed by atoms with E-state index in [9.17, 15) is 0 Å². The van der Waals surface area contributed by atoms with Crippen LogP contribution in [0.4, 0.5) is 0 Å². The molecule has 0 atom stereocenters. The maximum absolute atomic E-state index is 2.35. The zero-order chi connectivity index (χ0) is 25.0. The molecule has 1 heteroatoms. The average molecular weight is 499 g/mol. The van der Waals surface area contributed by atoms with Crippen molar-refractivity contribution in [3.63, 3.8) is 0 Å². The minimum absolute atomic E-state index is 1.08. The third kappa shape index (κ3) is 22.9. The van der Waals surface area contributed by atoms with Gasteiger partial charge in [0.05, 0.1) is 0 Å². The fourth-order valence-electron chi connectivity index (χ4n) is 6.05.